The van der Waals surface area contributed by atoms with E-state index in [1.165, 1.54) is 32.1 Å². The van der Waals surface area contributed by atoms with Crippen LogP contribution in [0.2, 0.25) is 0 Å². The molecule has 1 rings (SSSR count). The lowest BCUT2D eigenvalue weighted by Gasteiger charge is -2.33. The minimum atomic E-state index is -0.716. The number of hydrogen-bond donors (Lipinski definition) is 2. The average Bonchev–Trinajstić information content (AvgIpc) is 2.14. The monoisotopic (exact) mass is 199 g/mol. The number of carboxylic acids is 1. The number of nitrogens with one attached hydrogen (secondary N) is 1. The predicted octanol–water partition coefficient (Wildman–Crippen LogP) is 2.02. The van der Waals surface area contributed by atoms with Crippen LogP contribution in [0.15, 0.2) is 0 Å². The first-order valence-electron chi connectivity index (χ1n) is 5.55. The Morgan fingerprint density at radius 2 is 2.00 bits per heavy atom. The van der Waals surface area contributed by atoms with Crippen molar-refractivity contribution in [2.75, 3.05) is 13.1 Å². The van der Waals surface area contributed by atoms with Crippen LogP contribution in [0.1, 0.15) is 45.4 Å². The molecule has 0 bridgehead atoms. The van der Waals surface area contributed by atoms with Gasteiger partial charge in [-0.15, -0.1) is 0 Å². The van der Waals surface area contributed by atoms with Gasteiger partial charge in [0, 0.05) is 13.1 Å². The van der Waals surface area contributed by atoms with Gasteiger partial charge in [0.1, 0.15) is 0 Å². The van der Waals surface area contributed by atoms with Crippen LogP contribution in [0.4, 0.5) is 0 Å². The van der Waals surface area contributed by atoms with Crippen molar-refractivity contribution in [3.8, 4) is 0 Å². The van der Waals surface area contributed by atoms with Crippen LogP contribution in [-0.2, 0) is 4.79 Å². The van der Waals surface area contributed by atoms with Gasteiger partial charge in [0.05, 0.1) is 6.42 Å². The van der Waals surface area contributed by atoms with Crippen LogP contribution >= 0.6 is 0 Å². The van der Waals surface area contributed by atoms with Crippen molar-refractivity contribution in [3.05, 3.63) is 0 Å². The molecule has 0 amide bonds. The van der Waals surface area contributed by atoms with Crippen molar-refractivity contribution in [1.82, 2.24) is 5.32 Å². The van der Waals surface area contributed by atoms with Crippen molar-refractivity contribution in [2.45, 2.75) is 45.4 Å². The summed E-state index contributed by atoms with van der Waals surface area (Å²) in [6.07, 6.45) is 6.83. The lowest BCUT2D eigenvalue weighted by molar-refractivity contribution is -0.136. The fourth-order valence-corrected chi connectivity index (χ4v) is 2.17. The zero-order valence-corrected chi connectivity index (χ0v) is 9.01. The molecule has 0 radical (unpaired) electrons. The fourth-order valence-electron chi connectivity index (χ4n) is 2.17. The first-order chi connectivity index (χ1) is 6.62. The molecule has 2 N–H and O–H groups in total. The number of hydrogen-bond acceptors (Lipinski definition) is 2. The number of carboxylic acid groups (broad SMARTS) is 1. The molecule has 0 spiro atoms. The standard InChI is InChI=1S/C11H21NO2/c1-11(6-3-2-4-7-11)9-12-8-5-10(13)14/h12H,2-9H2,1H3,(H,13,14). The maximum absolute atomic E-state index is 10.3. The van der Waals surface area contributed by atoms with E-state index >= 15 is 0 Å². The van der Waals surface area contributed by atoms with E-state index in [0.717, 1.165) is 6.54 Å². The summed E-state index contributed by atoms with van der Waals surface area (Å²) in [5.74, 6) is -0.716. The summed E-state index contributed by atoms with van der Waals surface area (Å²) < 4.78 is 0. The first-order valence-corrected chi connectivity index (χ1v) is 5.55. The Bertz CT molecular complexity index is 186. The SMILES string of the molecule is CC1(CNCCC(=O)O)CCCCC1. The highest BCUT2D eigenvalue weighted by atomic mass is 16.4. The Kier molecular flexibility index (Phi) is 4.39. The van der Waals surface area contributed by atoms with Crippen molar-refractivity contribution in [3.63, 3.8) is 0 Å². The van der Waals surface area contributed by atoms with E-state index in [4.69, 9.17) is 5.11 Å². The van der Waals surface area contributed by atoms with Gasteiger partial charge in [-0.1, -0.05) is 26.2 Å². The molecular formula is C11H21NO2. The topological polar surface area (TPSA) is 49.3 Å². The molecule has 0 heterocycles. The second kappa shape index (κ2) is 5.35. The maximum Gasteiger partial charge on any atom is 0.304 e. The third-order valence-electron chi connectivity index (χ3n) is 3.13. The summed E-state index contributed by atoms with van der Waals surface area (Å²) in [6, 6.07) is 0. The minimum absolute atomic E-state index is 0.232. The molecule has 1 saturated carbocycles. The average molecular weight is 199 g/mol. The molecule has 0 aliphatic heterocycles. The van der Waals surface area contributed by atoms with Gasteiger partial charge in [-0.05, 0) is 18.3 Å². The molecule has 0 aromatic heterocycles. The van der Waals surface area contributed by atoms with Crippen LogP contribution in [0.5, 0.6) is 0 Å². The Labute approximate surface area is 85.9 Å². The molecule has 14 heavy (non-hydrogen) atoms. The van der Waals surface area contributed by atoms with Crippen molar-refractivity contribution >= 4 is 5.97 Å². The number of rotatable bonds is 5. The minimum Gasteiger partial charge on any atom is -0.481 e. The molecule has 3 nitrogen and oxygen atoms in total. The Morgan fingerprint density at radius 1 is 1.36 bits per heavy atom. The van der Waals surface area contributed by atoms with Gasteiger partial charge in [0.25, 0.3) is 0 Å². The van der Waals surface area contributed by atoms with E-state index in [9.17, 15) is 4.79 Å². The lowest BCUT2D eigenvalue weighted by atomic mass is 9.76. The quantitative estimate of drug-likeness (QED) is 0.666. The molecule has 82 valence electrons. The van der Waals surface area contributed by atoms with Gasteiger partial charge in [-0.2, -0.15) is 0 Å². The third kappa shape index (κ3) is 4.09. The van der Waals surface area contributed by atoms with Crippen LogP contribution in [0.3, 0.4) is 0 Å². The van der Waals surface area contributed by atoms with E-state index in [0.29, 0.717) is 12.0 Å². The lowest BCUT2D eigenvalue weighted by Crippen LogP contribution is -2.34. The summed E-state index contributed by atoms with van der Waals surface area (Å²) in [4.78, 5) is 10.3. The normalized spacial score (nSPS) is 20.6. The van der Waals surface area contributed by atoms with Crippen molar-refractivity contribution in [1.29, 1.82) is 0 Å². The molecule has 0 saturated heterocycles. The molecule has 1 aliphatic carbocycles. The molecule has 0 atom stereocenters. The number of carbonyl (C=O) groups is 1. The van der Waals surface area contributed by atoms with Gasteiger partial charge in [-0.25, -0.2) is 0 Å². The van der Waals surface area contributed by atoms with Gasteiger partial charge in [0.2, 0.25) is 0 Å². The van der Waals surface area contributed by atoms with E-state index < -0.39 is 5.97 Å². The van der Waals surface area contributed by atoms with Gasteiger partial charge < -0.3 is 10.4 Å². The van der Waals surface area contributed by atoms with Gasteiger partial charge in [0.15, 0.2) is 0 Å². The van der Waals surface area contributed by atoms with Gasteiger partial charge in [-0.3, -0.25) is 4.79 Å². The summed E-state index contributed by atoms with van der Waals surface area (Å²) in [7, 11) is 0. The summed E-state index contributed by atoms with van der Waals surface area (Å²) in [5.41, 5.74) is 0.413. The van der Waals surface area contributed by atoms with Crippen LogP contribution in [0, 0.1) is 5.41 Å². The maximum atomic E-state index is 10.3. The highest BCUT2D eigenvalue weighted by Gasteiger charge is 2.25. The molecule has 3 heteroatoms. The van der Waals surface area contributed by atoms with E-state index in [-0.39, 0.29) is 6.42 Å². The Hall–Kier alpha value is -0.570. The molecule has 1 fully saturated rings. The largest absolute Gasteiger partial charge is 0.481 e. The van der Waals surface area contributed by atoms with Crippen molar-refractivity contribution < 1.29 is 9.90 Å². The summed E-state index contributed by atoms with van der Waals surface area (Å²) in [5, 5.41) is 11.7. The van der Waals surface area contributed by atoms with Crippen LogP contribution in [-0.4, -0.2) is 24.2 Å². The fraction of sp³-hybridized carbons (Fsp3) is 0.909. The van der Waals surface area contributed by atoms with E-state index in [1.54, 1.807) is 0 Å². The van der Waals surface area contributed by atoms with Crippen molar-refractivity contribution in [2.24, 2.45) is 5.41 Å². The molecular weight excluding hydrogens is 178 g/mol. The highest BCUT2D eigenvalue weighted by Crippen LogP contribution is 2.34. The van der Waals surface area contributed by atoms with E-state index in [2.05, 4.69) is 12.2 Å². The van der Waals surface area contributed by atoms with E-state index in [1.807, 2.05) is 0 Å². The first kappa shape index (κ1) is 11.5. The number of aliphatic carboxylic acids is 1. The van der Waals surface area contributed by atoms with Crippen LogP contribution < -0.4 is 5.32 Å². The highest BCUT2D eigenvalue weighted by molar-refractivity contribution is 5.66. The zero-order chi connectivity index (χ0) is 10.4. The Balaban J connectivity index is 2.12. The predicted molar refractivity (Wildman–Crippen MR) is 56.3 cm³/mol. The second-order valence-corrected chi connectivity index (χ2v) is 4.69. The molecule has 0 aromatic rings. The smallest absolute Gasteiger partial charge is 0.304 e. The Morgan fingerprint density at radius 3 is 2.57 bits per heavy atom. The molecule has 0 aromatic carbocycles. The third-order valence-corrected chi connectivity index (χ3v) is 3.13. The summed E-state index contributed by atoms with van der Waals surface area (Å²) in [6.45, 7) is 3.88. The second-order valence-electron chi connectivity index (χ2n) is 4.69. The zero-order valence-electron chi connectivity index (χ0n) is 9.01. The van der Waals surface area contributed by atoms with Gasteiger partial charge >= 0.3 is 5.97 Å². The molecule has 1 aliphatic rings. The molecule has 0 unspecified atom stereocenters. The summed E-state index contributed by atoms with van der Waals surface area (Å²) >= 11 is 0. The van der Waals surface area contributed by atoms with Crippen LogP contribution in [0.25, 0.3) is 0 Å².